The van der Waals surface area contributed by atoms with Crippen molar-refractivity contribution >= 4 is 41.5 Å². The Balaban J connectivity index is 0.00000192. The summed E-state index contributed by atoms with van der Waals surface area (Å²) in [6.07, 6.45) is 0.944. The van der Waals surface area contributed by atoms with Gasteiger partial charge in [-0.3, -0.25) is 9.69 Å². The van der Waals surface area contributed by atoms with E-state index in [2.05, 4.69) is 10.2 Å². The van der Waals surface area contributed by atoms with Crippen LogP contribution in [0.15, 0.2) is 12.1 Å². The molecular formula is C15H19Cl3FN3O. The van der Waals surface area contributed by atoms with Gasteiger partial charge in [0, 0.05) is 45.3 Å². The summed E-state index contributed by atoms with van der Waals surface area (Å²) in [4.78, 5) is 16.7. The molecule has 2 saturated heterocycles. The van der Waals surface area contributed by atoms with E-state index in [1.807, 2.05) is 0 Å². The highest BCUT2D eigenvalue weighted by Gasteiger charge is 2.32. The standard InChI is InChI=1S/C15H18Cl2FN3O.ClH/c16-12-8-13(17)14(18)7-11(12)15(22)21-4-1-10(9-21)20-5-2-19-3-6-20;/h7-8,10,19H,1-6,9H2;1H. The van der Waals surface area contributed by atoms with E-state index in [-0.39, 0.29) is 33.9 Å². The topological polar surface area (TPSA) is 35.6 Å². The van der Waals surface area contributed by atoms with Crippen LogP contribution in [0, 0.1) is 5.82 Å². The number of nitrogens with zero attached hydrogens (tertiary/aromatic N) is 2. The first kappa shape index (κ1) is 18.7. The predicted octanol–water partition coefficient (Wildman–Crippen LogP) is 2.67. The van der Waals surface area contributed by atoms with Crippen molar-refractivity contribution in [2.75, 3.05) is 39.3 Å². The molecule has 0 radical (unpaired) electrons. The second-order valence-corrected chi connectivity index (χ2v) is 6.54. The van der Waals surface area contributed by atoms with Gasteiger partial charge in [0.15, 0.2) is 0 Å². The number of carbonyl (C=O) groups excluding carboxylic acids is 1. The van der Waals surface area contributed by atoms with Crippen molar-refractivity contribution in [2.45, 2.75) is 12.5 Å². The smallest absolute Gasteiger partial charge is 0.255 e. The Morgan fingerprint density at radius 3 is 2.57 bits per heavy atom. The van der Waals surface area contributed by atoms with Crippen LogP contribution >= 0.6 is 35.6 Å². The van der Waals surface area contributed by atoms with Gasteiger partial charge in [0.05, 0.1) is 15.6 Å². The Morgan fingerprint density at radius 1 is 1.17 bits per heavy atom. The zero-order valence-corrected chi connectivity index (χ0v) is 14.9. The zero-order chi connectivity index (χ0) is 15.7. The van der Waals surface area contributed by atoms with Gasteiger partial charge < -0.3 is 10.2 Å². The van der Waals surface area contributed by atoms with Crippen LogP contribution in [-0.2, 0) is 0 Å². The number of benzene rings is 1. The van der Waals surface area contributed by atoms with E-state index >= 15 is 0 Å². The van der Waals surface area contributed by atoms with Gasteiger partial charge in [-0.15, -0.1) is 12.4 Å². The molecular weight excluding hydrogens is 364 g/mol. The van der Waals surface area contributed by atoms with Crippen molar-refractivity contribution in [3.63, 3.8) is 0 Å². The van der Waals surface area contributed by atoms with Crippen LogP contribution in [0.3, 0.4) is 0 Å². The normalized spacial score (nSPS) is 22.0. The van der Waals surface area contributed by atoms with Gasteiger partial charge in [-0.25, -0.2) is 4.39 Å². The first-order valence-corrected chi connectivity index (χ1v) is 8.20. The number of hydrogen-bond donors (Lipinski definition) is 1. The van der Waals surface area contributed by atoms with Crippen molar-refractivity contribution in [3.8, 4) is 0 Å². The van der Waals surface area contributed by atoms with Crippen LogP contribution in [0.2, 0.25) is 10.0 Å². The summed E-state index contributed by atoms with van der Waals surface area (Å²) in [5.41, 5.74) is 0.185. The van der Waals surface area contributed by atoms with Crippen LogP contribution in [0.1, 0.15) is 16.8 Å². The molecule has 0 saturated carbocycles. The molecule has 23 heavy (non-hydrogen) atoms. The largest absolute Gasteiger partial charge is 0.337 e. The van der Waals surface area contributed by atoms with E-state index < -0.39 is 5.82 Å². The van der Waals surface area contributed by atoms with Crippen molar-refractivity contribution in [1.82, 2.24) is 15.1 Å². The molecule has 8 heteroatoms. The van der Waals surface area contributed by atoms with Crippen molar-refractivity contribution < 1.29 is 9.18 Å². The van der Waals surface area contributed by atoms with E-state index in [0.717, 1.165) is 38.7 Å². The van der Waals surface area contributed by atoms with E-state index in [4.69, 9.17) is 23.2 Å². The van der Waals surface area contributed by atoms with Gasteiger partial charge in [0.1, 0.15) is 5.82 Å². The third-order valence-electron chi connectivity index (χ3n) is 4.36. The maximum Gasteiger partial charge on any atom is 0.255 e. The summed E-state index contributed by atoms with van der Waals surface area (Å²) in [6.45, 7) is 5.32. The van der Waals surface area contributed by atoms with E-state index in [1.54, 1.807) is 4.90 Å². The van der Waals surface area contributed by atoms with Crippen molar-refractivity contribution in [3.05, 3.63) is 33.6 Å². The minimum atomic E-state index is -0.618. The molecule has 2 aliphatic heterocycles. The Labute approximate surface area is 151 Å². The molecule has 0 aromatic heterocycles. The molecule has 1 unspecified atom stereocenters. The lowest BCUT2D eigenvalue weighted by atomic mass is 10.2. The second-order valence-electron chi connectivity index (χ2n) is 5.73. The fourth-order valence-electron chi connectivity index (χ4n) is 3.13. The Kier molecular flexibility index (Phi) is 6.51. The highest BCUT2D eigenvalue weighted by atomic mass is 35.5. The van der Waals surface area contributed by atoms with Crippen LogP contribution < -0.4 is 5.32 Å². The van der Waals surface area contributed by atoms with Gasteiger partial charge in [-0.2, -0.15) is 0 Å². The molecule has 1 aromatic carbocycles. The first-order chi connectivity index (χ1) is 10.6. The minimum absolute atomic E-state index is 0. The van der Waals surface area contributed by atoms with Gasteiger partial charge in [-0.05, 0) is 18.6 Å². The quantitative estimate of drug-likeness (QED) is 0.799. The lowest BCUT2D eigenvalue weighted by Crippen LogP contribution is -2.49. The van der Waals surface area contributed by atoms with Crippen molar-refractivity contribution in [1.29, 1.82) is 0 Å². The molecule has 4 nitrogen and oxygen atoms in total. The van der Waals surface area contributed by atoms with E-state index in [0.29, 0.717) is 19.1 Å². The summed E-state index contributed by atoms with van der Waals surface area (Å²) in [7, 11) is 0. The third-order valence-corrected chi connectivity index (χ3v) is 4.96. The maximum atomic E-state index is 13.6. The third kappa shape index (κ3) is 4.09. The summed E-state index contributed by atoms with van der Waals surface area (Å²) in [5, 5.41) is 3.45. The molecule has 2 aliphatic rings. The summed E-state index contributed by atoms with van der Waals surface area (Å²) in [5.74, 6) is -0.842. The number of piperazine rings is 1. The van der Waals surface area contributed by atoms with Gasteiger partial charge in [0.2, 0.25) is 0 Å². The van der Waals surface area contributed by atoms with Gasteiger partial charge in [-0.1, -0.05) is 23.2 Å². The highest BCUT2D eigenvalue weighted by Crippen LogP contribution is 2.27. The average molecular weight is 383 g/mol. The number of nitrogens with one attached hydrogen (secondary N) is 1. The van der Waals surface area contributed by atoms with Crippen molar-refractivity contribution in [2.24, 2.45) is 0 Å². The monoisotopic (exact) mass is 381 g/mol. The zero-order valence-electron chi connectivity index (χ0n) is 12.5. The van der Waals surface area contributed by atoms with Crippen LogP contribution in [-0.4, -0.2) is 61.0 Å². The predicted molar refractivity (Wildman–Crippen MR) is 92.4 cm³/mol. The molecule has 128 valence electrons. The van der Waals surface area contributed by atoms with Gasteiger partial charge in [0.25, 0.3) is 5.91 Å². The molecule has 2 fully saturated rings. The fraction of sp³-hybridized carbons (Fsp3) is 0.533. The second kappa shape index (κ2) is 7.99. The molecule has 1 aromatic rings. The Morgan fingerprint density at radius 2 is 1.87 bits per heavy atom. The summed E-state index contributed by atoms with van der Waals surface area (Å²) in [6, 6.07) is 2.79. The molecule has 0 bridgehead atoms. The van der Waals surface area contributed by atoms with E-state index in [9.17, 15) is 9.18 Å². The van der Waals surface area contributed by atoms with Crippen LogP contribution in [0.25, 0.3) is 0 Å². The molecule has 1 amide bonds. The summed E-state index contributed by atoms with van der Waals surface area (Å²) >= 11 is 11.7. The number of amides is 1. The minimum Gasteiger partial charge on any atom is -0.337 e. The van der Waals surface area contributed by atoms with E-state index in [1.165, 1.54) is 6.07 Å². The lowest BCUT2D eigenvalue weighted by Gasteiger charge is -2.32. The average Bonchev–Trinajstić information content (AvgIpc) is 3.01. The first-order valence-electron chi connectivity index (χ1n) is 7.45. The fourth-order valence-corrected chi connectivity index (χ4v) is 3.59. The molecule has 3 rings (SSSR count). The van der Waals surface area contributed by atoms with Gasteiger partial charge >= 0.3 is 0 Å². The molecule has 1 N–H and O–H groups in total. The number of carbonyl (C=O) groups is 1. The highest BCUT2D eigenvalue weighted by molar-refractivity contribution is 6.36. The number of rotatable bonds is 2. The number of likely N-dealkylation sites (tertiary alicyclic amines) is 1. The molecule has 0 aliphatic carbocycles. The SMILES string of the molecule is Cl.O=C(c1cc(F)c(Cl)cc1Cl)N1CCC(N2CCNCC2)C1. The molecule has 1 atom stereocenters. The van der Waals surface area contributed by atoms with Crippen LogP contribution in [0.5, 0.6) is 0 Å². The number of hydrogen-bond acceptors (Lipinski definition) is 3. The summed E-state index contributed by atoms with van der Waals surface area (Å²) < 4.78 is 13.6. The lowest BCUT2D eigenvalue weighted by molar-refractivity contribution is 0.0773. The Hall–Kier alpha value is -0.590. The maximum absolute atomic E-state index is 13.6. The molecule has 0 spiro atoms. The number of halogens is 4. The Bertz CT molecular complexity index is 581. The van der Waals surface area contributed by atoms with Crippen LogP contribution in [0.4, 0.5) is 4.39 Å². The molecule has 2 heterocycles.